The van der Waals surface area contributed by atoms with Crippen molar-refractivity contribution >= 4 is 18.3 Å². The van der Waals surface area contributed by atoms with Crippen LogP contribution < -0.4 is 5.32 Å². The summed E-state index contributed by atoms with van der Waals surface area (Å²) in [6.07, 6.45) is 3.25. The second-order valence-corrected chi connectivity index (χ2v) is 5.66. The molecule has 2 rings (SSSR count). The van der Waals surface area contributed by atoms with Crippen LogP contribution in [0.2, 0.25) is 0 Å². The Hall–Kier alpha value is -0.320. The van der Waals surface area contributed by atoms with Crippen molar-refractivity contribution in [1.29, 1.82) is 0 Å². The highest BCUT2D eigenvalue weighted by Crippen LogP contribution is 2.18. The molecular weight excluding hydrogens is 250 g/mol. The highest BCUT2D eigenvalue weighted by Gasteiger charge is 2.27. The van der Waals surface area contributed by atoms with E-state index in [0.29, 0.717) is 11.8 Å². The number of piperidine rings is 1. The van der Waals surface area contributed by atoms with Crippen LogP contribution in [0.4, 0.5) is 0 Å². The summed E-state index contributed by atoms with van der Waals surface area (Å²) in [6, 6.07) is 0. The molecule has 2 aliphatic heterocycles. The number of hydrogen-bond acceptors (Lipinski definition) is 3. The van der Waals surface area contributed by atoms with Gasteiger partial charge in [0.25, 0.3) is 0 Å². The summed E-state index contributed by atoms with van der Waals surface area (Å²) in [5.74, 6) is 1.30. The number of carbonyl (C=O) groups excluding carboxylic acids is 1. The third-order valence-electron chi connectivity index (χ3n) is 4.09. The average molecular weight is 276 g/mol. The predicted octanol–water partition coefficient (Wildman–Crippen LogP) is 0.818. The quantitative estimate of drug-likeness (QED) is 0.828. The highest BCUT2D eigenvalue weighted by molar-refractivity contribution is 5.85. The zero-order valence-corrected chi connectivity index (χ0v) is 12.3. The van der Waals surface area contributed by atoms with E-state index in [0.717, 1.165) is 39.0 Å². The standard InChI is InChI=1S/C13H25N3O.ClH/c1-15-8-5-11(9-15)10-16(2)13(17)12-3-6-14-7-4-12;/h11-12,14H,3-10H2,1-2H3;1H. The van der Waals surface area contributed by atoms with Gasteiger partial charge in [0.2, 0.25) is 5.91 Å². The van der Waals surface area contributed by atoms with Gasteiger partial charge < -0.3 is 15.1 Å². The minimum atomic E-state index is 0. The van der Waals surface area contributed by atoms with Crippen LogP contribution in [0.3, 0.4) is 0 Å². The Labute approximate surface area is 116 Å². The van der Waals surface area contributed by atoms with E-state index in [2.05, 4.69) is 17.3 Å². The van der Waals surface area contributed by atoms with E-state index in [4.69, 9.17) is 0 Å². The van der Waals surface area contributed by atoms with E-state index >= 15 is 0 Å². The van der Waals surface area contributed by atoms with Crippen LogP contribution in [-0.2, 0) is 4.79 Å². The first-order valence-corrected chi connectivity index (χ1v) is 6.81. The van der Waals surface area contributed by atoms with Crippen molar-refractivity contribution in [2.45, 2.75) is 19.3 Å². The van der Waals surface area contributed by atoms with Crippen LogP contribution in [0.25, 0.3) is 0 Å². The summed E-state index contributed by atoms with van der Waals surface area (Å²) in [5.41, 5.74) is 0. The van der Waals surface area contributed by atoms with Gasteiger partial charge in [0.15, 0.2) is 0 Å². The molecule has 2 heterocycles. The van der Waals surface area contributed by atoms with Gasteiger partial charge in [-0.05, 0) is 51.9 Å². The minimum absolute atomic E-state index is 0. The molecule has 0 bridgehead atoms. The molecule has 106 valence electrons. The fourth-order valence-electron chi connectivity index (χ4n) is 3.03. The first-order valence-electron chi connectivity index (χ1n) is 6.81. The third kappa shape index (κ3) is 4.11. The smallest absolute Gasteiger partial charge is 0.225 e. The molecule has 5 heteroatoms. The number of amides is 1. The SMILES string of the molecule is CN1CCC(CN(C)C(=O)C2CCNCC2)C1.Cl. The zero-order chi connectivity index (χ0) is 12.3. The summed E-state index contributed by atoms with van der Waals surface area (Å²) >= 11 is 0. The first-order chi connectivity index (χ1) is 8.16. The molecule has 0 aliphatic carbocycles. The maximum atomic E-state index is 12.3. The molecule has 2 aliphatic rings. The topological polar surface area (TPSA) is 35.6 Å². The van der Waals surface area contributed by atoms with E-state index in [-0.39, 0.29) is 18.3 Å². The van der Waals surface area contributed by atoms with Gasteiger partial charge in [0, 0.05) is 26.1 Å². The van der Waals surface area contributed by atoms with Gasteiger partial charge in [0.1, 0.15) is 0 Å². The molecule has 4 nitrogen and oxygen atoms in total. The van der Waals surface area contributed by atoms with Gasteiger partial charge in [-0.15, -0.1) is 12.4 Å². The summed E-state index contributed by atoms with van der Waals surface area (Å²) < 4.78 is 0. The van der Waals surface area contributed by atoms with E-state index in [1.807, 2.05) is 11.9 Å². The number of nitrogens with zero attached hydrogens (tertiary/aromatic N) is 2. The lowest BCUT2D eigenvalue weighted by Crippen LogP contribution is -2.41. The number of hydrogen-bond donors (Lipinski definition) is 1. The summed E-state index contributed by atoms with van der Waals surface area (Å²) in [7, 11) is 4.14. The fraction of sp³-hybridized carbons (Fsp3) is 0.923. The van der Waals surface area contributed by atoms with Gasteiger partial charge in [-0.25, -0.2) is 0 Å². The van der Waals surface area contributed by atoms with Gasteiger partial charge in [0.05, 0.1) is 0 Å². The normalized spacial score (nSPS) is 25.8. The van der Waals surface area contributed by atoms with Gasteiger partial charge in [-0.1, -0.05) is 0 Å². The van der Waals surface area contributed by atoms with E-state index in [1.54, 1.807) is 0 Å². The Kier molecular flexibility index (Phi) is 6.39. The van der Waals surface area contributed by atoms with Crippen molar-refractivity contribution in [1.82, 2.24) is 15.1 Å². The van der Waals surface area contributed by atoms with Crippen LogP contribution in [0, 0.1) is 11.8 Å². The third-order valence-corrected chi connectivity index (χ3v) is 4.09. The first kappa shape index (κ1) is 15.7. The number of nitrogens with one attached hydrogen (secondary N) is 1. The van der Waals surface area contributed by atoms with Crippen molar-refractivity contribution < 1.29 is 4.79 Å². The molecule has 1 atom stereocenters. The Bertz CT molecular complexity index is 269. The largest absolute Gasteiger partial charge is 0.345 e. The van der Waals surface area contributed by atoms with Crippen molar-refractivity contribution in [3.8, 4) is 0 Å². The van der Waals surface area contributed by atoms with Crippen LogP contribution in [0.15, 0.2) is 0 Å². The summed E-state index contributed by atoms with van der Waals surface area (Å²) in [4.78, 5) is 16.6. The fourth-order valence-corrected chi connectivity index (χ4v) is 3.03. The Morgan fingerprint density at radius 2 is 2.00 bits per heavy atom. The minimum Gasteiger partial charge on any atom is -0.345 e. The number of carbonyl (C=O) groups is 1. The van der Waals surface area contributed by atoms with E-state index < -0.39 is 0 Å². The number of halogens is 1. The maximum absolute atomic E-state index is 12.3. The van der Waals surface area contributed by atoms with Crippen LogP contribution in [-0.4, -0.2) is 62.5 Å². The monoisotopic (exact) mass is 275 g/mol. The molecule has 18 heavy (non-hydrogen) atoms. The molecular formula is C13H26ClN3O. The molecule has 1 N–H and O–H groups in total. The number of likely N-dealkylation sites (tertiary alicyclic amines) is 1. The Morgan fingerprint density at radius 1 is 1.33 bits per heavy atom. The second-order valence-electron chi connectivity index (χ2n) is 5.66. The summed E-state index contributed by atoms with van der Waals surface area (Å²) in [5, 5.41) is 3.31. The molecule has 2 saturated heterocycles. The number of rotatable bonds is 3. The van der Waals surface area contributed by atoms with Gasteiger partial charge in [-0.3, -0.25) is 4.79 Å². The molecule has 0 spiro atoms. The van der Waals surface area contributed by atoms with Gasteiger partial charge in [-0.2, -0.15) is 0 Å². The average Bonchev–Trinajstić information content (AvgIpc) is 2.75. The molecule has 1 amide bonds. The van der Waals surface area contributed by atoms with E-state index in [9.17, 15) is 4.79 Å². The van der Waals surface area contributed by atoms with E-state index in [1.165, 1.54) is 13.0 Å². The molecule has 0 aromatic heterocycles. The second kappa shape index (κ2) is 7.31. The lowest BCUT2D eigenvalue weighted by Gasteiger charge is -2.28. The zero-order valence-electron chi connectivity index (χ0n) is 11.5. The van der Waals surface area contributed by atoms with Crippen molar-refractivity contribution in [2.24, 2.45) is 11.8 Å². The molecule has 0 radical (unpaired) electrons. The molecule has 2 fully saturated rings. The van der Waals surface area contributed by atoms with Gasteiger partial charge >= 0.3 is 0 Å². The van der Waals surface area contributed by atoms with Crippen molar-refractivity contribution in [3.05, 3.63) is 0 Å². The van der Waals surface area contributed by atoms with Crippen LogP contribution in [0.5, 0.6) is 0 Å². The van der Waals surface area contributed by atoms with Crippen LogP contribution in [0.1, 0.15) is 19.3 Å². The van der Waals surface area contributed by atoms with Crippen LogP contribution >= 0.6 is 12.4 Å². The molecule has 1 unspecified atom stereocenters. The lowest BCUT2D eigenvalue weighted by molar-refractivity contribution is -0.135. The Morgan fingerprint density at radius 3 is 2.56 bits per heavy atom. The predicted molar refractivity (Wildman–Crippen MR) is 76.1 cm³/mol. The molecule has 0 aromatic carbocycles. The maximum Gasteiger partial charge on any atom is 0.225 e. The van der Waals surface area contributed by atoms with Crippen molar-refractivity contribution in [3.63, 3.8) is 0 Å². The lowest BCUT2D eigenvalue weighted by atomic mass is 9.96. The van der Waals surface area contributed by atoms with Crippen molar-refractivity contribution in [2.75, 3.05) is 46.8 Å². The summed E-state index contributed by atoms with van der Waals surface area (Å²) in [6.45, 7) is 5.25. The highest BCUT2D eigenvalue weighted by atomic mass is 35.5. The molecule has 0 saturated carbocycles. The molecule has 0 aromatic rings. The Balaban J connectivity index is 0.00000162.